The molecule has 0 aliphatic rings. The zero-order chi connectivity index (χ0) is 16.3. The highest BCUT2D eigenvalue weighted by molar-refractivity contribution is 4.56. The summed E-state index contributed by atoms with van der Waals surface area (Å²) in [6.45, 7) is 6.38. The Kier molecular flexibility index (Phi) is 18.8. The van der Waals surface area contributed by atoms with E-state index in [4.69, 9.17) is 14.9 Å². The average Bonchev–Trinajstić information content (AvgIpc) is 2.52. The molecule has 4 nitrogen and oxygen atoms in total. The molecule has 0 fully saturated rings. The van der Waals surface area contributed by atoms with Crippen LogP contribution in [0.4, 0.5) is 0 Å². The Bertz CT molecular complexity index is 197. The molecule has 0 bridgehead atoms. The van der Waals surface area contributed by atoms with E-state index < -0.39 is 0 Å². The summed E-state index contributed by atoms with van der Waals surface area (Å²) < 4.78 is 5.65. The monoisotopic (exact) mass is 317 g/mol. The Balaban J connectivity index is 3.16. The summed E-state index contributed by atoms with van der Waals surface area (Å²) in [7, 11) is 0. The van der Waals surface area contributed by atoms with E-state index in [0.717, 1.165) is 26.2 Å². The number of unbranched alkanes of at least 4 members (excludes halogenated alkanes) is 8. The quantitative estimate of drug-likeness (QED) is 0.381. The van der Waals surface area contributed by atoms with Gasteiger partial charge in [-0.05, 0) is 12.8 Å². The molecule has 0 aromatic heterocycles. The van der Waals surface area contributed by atoms with E-state index in [1.165, 1.54) is 57.8 Å². The van der Waals surface area contributed by atoms with Crippen LogP contribution in [0.2, 0.25) is 0 Å². The molecule has 0 aromatic carbocycles. The Hall–Kier alpha value is -0.160. The van der Waals surface area contributed by atoms with Gasteiger partial charge in [0.2, 0.25) is 0 Å². The van der Waals surface area contributed by atoms with Crippen molar-refractivity contribution in [3.05, 3.63) is 0 Å². The summed E-state index contributed by atoms with van der Waals surface area (Å²) >= 11 is 0. The molecule has 0 aromatic rings. The molecule has 4 heteroatoms. The molecule has 0 aliphatic heterocycles. The van der Waals surface area contributed by atoms with Gasteiger partial charge in [0.05, 0.1) is 13.2 Å². The third kappa shape index (κ3) is 16.2. The van der Waals surface area contributed by atoms with E-state index in [-0.39, 0.29) is 13.2 Å². The van der Waals surface area contributed by atoms with Gasteiger partial charge in [0.25, 0.3) is 0 Å². The highest BCUT2D eigenvalue weighted by Gasteiger charge is 2.02. The van der Waals surface area contributed by atoms with Crippen molar-refractivity contribution in [2.75, 3.05) is 46.1 Å². The van der Waals surface area contributed by atoms with Crippen molar-refractivity contribution in [1.29, 1.82) is 0 Å². The lowest BCUT2D eigenvalue weighted by molar-refractivity contribution is 0.107. The van der Waals surface area contributed by atoms with Crippen LogP contribution in [0.15, 0.2) is 0 Å². The maximum atomic E-state index is 8.91. The van der Waals surface area contributed by atoms with Crippen molar-refractivity contribution >= 4 is 0 Å². The van der Waals surface area contributed by atoms with Gasteiger partial charge in [-0.15, -0.1) is 0 Å². The first-order valence-electron chi connectivity index (χ1n) is 9.37. The topological polar surface area (TPSA) is 52.9 Å². The molecule has 134 valence electrons. The SMILES string of the molecule is CCCCCCCCCCCOCCCN(CCO)CCO. The maximum Gasteiger partial charge on any atom is 0.0558 e. The lowest BCUT2D eigenvalue weighted by Crippen LogP contribution is -2.31. The smallest absolute Gasteiger partial charge is 0.0558 e. The first-order valence-corrected chi connectivity index (χ1v) is 9.37. The molecular weight excluding hydrogens is 278 g/mol. The fourth-order valence-electron chi connectivity index (χ4n) is 2.63. The van der Waals surface area contributed by atoms with Gasteiger partial charge in [0.15, 0.2) is 0 Å². The lowest BCUT2D eigenvalue weighted by Gasteiger charge is -2.19. The van der Waals surface area contributed by atoms with Crippen LogP contribution in [0, 0.1) is 0 Å². The molecule has 0 unspecified atom stereocenters. The number of hydrogen-bond donors (Lipinski definition) is 2. The molecule has 0 radical (unpaired) electrons. The molecule has 22 heavy (non-hydrogen) atoms. The highest BCUT2D eigenvalue weighted by Crippen LogP contribution is 2.09. The molecule has 0 spiro atoms. The van der Waals surface area contributed by atoms with E-state index in [9.17, 15) is 0 Å². The minimum Gasteiger partial charge on any atom is -0.395 e. The highest BCUT2D eigenvalue weighted by atomic mass is 16.5. The summed E-state index contributed by atoms with van der Waals surface area (Å²) in [5.74, 6) is 0. The van der Waals surface area contributed by atoms with Crippen LogP contribution in [0.5, 0.6) is 0 Å². The molecule has 0 atom stereocenters. The number of ether oxygens (including phenoxy) is 1. The van der Waals surface area contributed by atoms with Crippen molar-refractivity contribution in [2.45, 2.75) is 71.1 Å². The number of aliphatic hydroxyl groups is 2. The van der Waals surface area contributed by atoms with Gasteiger partial charge in [-0.1, -0.05) is 58.3 Å². The predicted molar refractivity (Wildman–Crippen MR) is 93.3 cm³/mol. The van der Waals surface area contributed by atoms with Gasteiger partial charge in [-0.3, -0.25) is 4.90 Å². The zero-order valence-corrected chi connectivity index (χ0v) is 14.8. The van der Waals surface area contributed by atoms with Crippen LogP contribution in [0.3, 0.4) is 0 Å². The largest absolute Gasteiger partial charge is 0.395 e. The average molecular weight is 318 g/mol. The fraction of sp³-hybridized carbons (Fsp3) is 1.00. The van der Waals surface area contributed by atoms with E-state index in [2.05, 4.69) is 11.8 Å². The summed E-state index contributed by atoms with van der Waals surface area (Å²) in [6.07, 6.45) is 13.1. The fourth-order valence-corrected chi connectivity index (χ4v) is 2.63. The van der Waals surface area contributed by atoms with Crippen molar-refractivity contribution < 1.29 is 14.9 Å². The van der Waals surface area contributed by atoms with Crippen LogP contribution in [-0.4, -0.2) is 61.2 Å². The van der Waals surface area contributed by atoms with E-state index in [1.54, 1.807) is 0 Å². The second-order valence-corrected chi connectivity index (χ2v) is 6.08. The van der Waals surface area contributed by atoms with Crippen molar-refractivity contribution in [3.63, 3.8) is 0 Å². The Labute approximate surface area is 137 Å². The number of nitrogens with zero attached hydrogens (tertiary/aromatic N) is 1. The molecule has 0 heterocycles. The summed E-state index contributed by atoms with van der Waals surface area (Å²) in [5, 5.41) is 17.8. The van der Waals surface area contributed by atoms with E-state index in [1.807, 2.05) is 0 Å². The molecular formula is C18H39NO3. The first kappa shape index (κ1) is 21.8. The van der Waals surface area contributed by atoms with Crippen molar-refractivity contribution in [1.82, 2.24) is 4.90 Å². The Morgan fingerprint density at radius 2 is 1.14 bits per heavy atom. The standard InChI is InChI=1S/C18H39NO3/c1-2-3-4-5-6-7-8-9-10-17-22-18-11-12-19(13-15-20)14-16-21/h20-21H,2-18H2,1H3. The van der Waals surface area contributed by atoms with Crippen LogP contribution >= 0.6 is 0 Å². The molecule has 0 rings (SSSR count). The van der Waals surface area contributed by atoms with Crippen molar-refractivity contribution in [3.8, 4) is 0 Å². The van der Waals surface area contributed by atoms with Gasteiger partial charge in [-0.25, -0.2) is 0 Å². The Morgan fingerprint density at radius 1 is 0.636 bits per heavy atom. The first-order chi connectivity index (χ1) is 10.8. The number of rotatable bonds is 18. The maximum absolute atomic E-state index is 8.91. The molecule has 0 aliphatic carbocycles. The summed E-state index contributed by atoms with van der Waals surface area (Å²) in [6, 6.07) is 0. The second kappa shape index (κ2) is 18.9. The number of aliphatic hydroxyl groups excluding tert-OH is 2. The van der Waals surface area contributed by atoms with Crippen LogP contribution < -0.4 is 0 Å². The van der Waals surface area contributed by atoms with Crippen LogP contribution in [0.25, 0.3) is 0 Å². The minimum atomic E-state index is 0.152. The third-order valence-corrected chi connectivity index (χ3v) is 3.99. The van der Waals surface area contributed by atoms with E-state index in [0.29, 0.717) is 13.1 Å². The molecule has 2 N–H and O–H groups in total. The van der Waals surface area contributed by atoms with E-state index >= 15 is 0 Å². The summed E-state index contributed by atoms with van der Waals surface area (Å²) in [5.41, 5.74) is 0. The predicted octanol–water partition coefficient (Wildman–Crippen LogP) is 3.21. The Morgan fingerprint density at radius 3 is 1.68 bits per heavy atom. The molecule has 0 saturated carbocycles. The molecule has 0 saturated heterocycles. The second-order valence-electron chi connectivity index (χ2n) is 6.08. The van der Waals surface area contributed by atoms with Gasteiger partial charge >= 0.3 is 0 Å². The minimum absolute atomic E-state index is 0.152. The molecule has 0 amide bonds. The van der Waals surface area contributed by atoms with Gasteiger partial charge in [0.1, 0.15) is 0 Å². The van der Waals surface area contributed by atoms with Gasteiger partial charge in [0, 0.05) is 32.8 Å². The van der Waals surface area contributed by atoms with Crippen molar-refractivity contribution in [2.24, 2.45) is 0 Å². The normalized spacial score (nSPS) is 11.5. The van der Waals surface area contributed by atoms with Gasteiger partial charge in [-0.2, -0.15) is 0 Å². The lowest BCUT2D eigenvalue weighted by atomic mass is 10.1. The zero-order valence-electron chi connectivity index (χ0n) is 14.8. The van der Waals surface area contributed by atoms with Gasteiger partial charge < -0.3 is 14.9 Å². The third-order valence-electron chi connectivity index (χ3n) is 3.99. The number of hydrogen-bond acceptors (Lipinski definition) is 4. The van der Waals surface area contributed by atoms with Crippen LogP contribution in [0.1, 0.15) is 71.1 Å². The summed E-state index contributed by atoms with van der Waals surface area (Å²) in [4.78, 5) is 2.07. The van der Waals surface area contributed by atoms with Crippen LogP contribution in [-0.2, 0) is 4.74 Å².